The van der Waals surface area contributed by atoms with Crippen LogP contribution in [0.25, 0.3) is 0 Å². The van der Waals surface area contributed by atoms with Crippen molar-refractivity contribution in [2.24, 2.45) is 23.3 Å². The van der Waals surface area contributed by atoms with E-state index in [4.69, 9.17) is 11.5 Å². The molecule has 0 aromatic rings. The van der Waals surface area contributed by atoms with E-state index in [1.807, 2.05) is 20.8 Å². The normalized spacial score (nSPS) is 16.9. The molecule has 6 atom stereocenters. The molecule has 0 aliphatic rings. The van der Waals surface area contributed by atoms with Crippen LogP contribution in [0.4, 0.5) is 0 Å². The van der Waals surface area contributed by atoms with Crippen LogP contribution < -0.4 is 27.4 Å². The zero-order chi connectivity index (χ0) is 24.1. The molecule has 180 valence electrons. The van der Waals surface area contributed by atoms with E-state index in [1.54, 1.807) is 6.92 Å². The first kappa shape index (κ1) is 28.8. The Bertz CT molecular complexity index is 601. The molecular formula is C21H41N5O5. The summed E-state index contributed by atoms with van der Waals surface area (Å²) in [5, 5.41) is 17.1. The van der Waals surface area contributed by atoms with Crippen LogP contribution in [0.15, 0.2) is 0 Å². The van der Waals surface area contributed by atoms with Gasteiger partial charge in [0.1, 0.15) is 18.1 Å². The summed E-state index contributed by atoms with van der Waals surface area (Å²) in [7, 11) is 0. The number of carbonyl (C=O) groups is 4. The molecule has 3 amide bonds. The maximum Gasteiger partial charge on any atom is 0.326 e. The fraction of sp³-hybridized carbons (Fsp3) is 0.810. The Balaban J connectivity index is 5.08. The number of nitrogens with one attached hydrogen (secondary N) is 3. The van der Waals surface area contributed by atoms with Crippen LogP contribution in [0.5, 0.6) is 0 Å². The van der Waals surface area contributed by atoms with E-state index >= 15 is 0 Å². The third-order valence-electron chi connectivity index (χ3n) is 5.63. The summed E-state index contributed by atoms with van der Waals surface area (Å²) in [5.41, 5.74) is 11.4. The molecule has 6 unspecified atom stereocenters. The van der Waals surface area contributed by atoms with Crippen LogP contribution in [0, 0.1) is 11.8 Å². The van der Waals surface area contributed by atoms with E-state index in [2.05, 4.69) is 16.0 Å². The van der Waals surface area contributed by atoms with Crippen molar-refractivity contribution in [2.45, 2.75) is 90.9 Å². The highest BCUT2D eigenvalue weighted by atomic mass is 16.4. The second-order valence-corrected chi connectivity index (χ2v) is 8.20. The number of hydrogen-bond acceptors (Lipinski definition) is 6. The van der Waals surface area contributed by atoms with Crippen LogP contribution in [-0.4, -0.2) is 59.5 Å². The van der Waals surface area contributed by atoms with Gasteiger partial charge in [0.05, 0.1) is 6.04 Å². The van der Waals surface area contributed by atoms with Crippen LogP contribution in [0.3, 0.4) is 0 Å². The largest absolute Gasteiger partial charge is 0.480 e. The Morgan fingerprint density at radius 2 is 1.32 bits per heavy atom. The van der Waals surface area contributed by atoms with Gasteiger partial charge in [0.2, 0.25) is 17.7 Å². The number of carbonyl (C=O) groups excluding carboxylic acids is 3. The molecule has 8 N–H and O–H groups in total. The molecule has 0 saturated heterocycles. The van der Waals surface area contributed by atoms with Crippen molar-refractivity contribution in [3.63, 3.8) is 0 Å². The summed E-state index contributed by atoms with van der Waals surface area (Å²) in [6.07, 6.45) is 3.13. The van der Waals surface area contributed by atoms with Gasteiger partial charge in [0, 0.05) is 0 Å². The first-order chi connectivity index (χ1) is 14.5. The molecule has 0 aromatic carbocycles. The first-order valence-electron chi connectivity index (χ1n) is 11.1. The van der Waals surface area contributed by atoms with Crippen molar-refractivity contribution in [2.75, 3.05) is 6.54 Å². The standard InChI is InChI=1S/C21H41N5O5/c1-6-12(3)16(25-19(28)15(23)10-8-9-11-22)20(29)24-14(5)18(27)26-17(21(30)31)13(4)7-2/h12-17H,6-11,22-23H2,1-5H3,(H,24,29)(H,25,28)(H,26,27)(H,30,31). The van der Waals surface area contributed by atoms with Crippen molar-refractivity contribution in [1.82, 2.24) is 16.0 Å². The highest BCUT2D eigenvalue weighted by Gasteiger charge is 2.31. The lowest BCUT2D eigenvalue weighted by Crippen LogP contribution is -2.58. The van der Waals surface area contributed by atoms with E-state index in [-0.39, 0.29) is 11.8 Å². The Labute approximate surface area is 185 Å². The number of amides is 3. The molecule has 0 aliphatic heterocycles. The fourth-order valence-electron chi connectivity index (χ4n) is 2.93. The minimum absolute atomic E-state index is 0.192. The Morgan fingerprint density at radius 3 is 1.81 bits per heavy atom. The first-order valence-corrected chi connectivity index (χ1v) is 11.1. The highest BCUT2D eigenvalue weighted by Crippen LogP contribution is 2.11. The topological polar surface area (TPSA) is 177 Å². The van der Waals surface area contributed by atoms with Gasteiger partial charge < -0.3 is 32.5 Å². The molecule has 0 saturated carbocycles. The molecule has 0 radical (unpaired) electrons. The summed E-state index contributed by atoms with van der Waals surface area (Å²) in [6.45, 7) is 9.26. The third kappa shape index (κ3) is 10.1. The zero-order valence-corrected chi connectivity index (χ0v) is 19.4. The van der Waals surface area contributed by atoms with Gasteiger partial charge in [-0.15, -0.1) is 0 Å². The van der Waals surface area contributed by atoms with Gasteiger partial charge in [-0.1, -0.05) is 47.0 Å². The lowest BCUT2D eigenvalue weighted by atomic mass is 9.97. The van der Waals surface area contributed by atoms with E-state index in [0.29, 0.717) is 32.2 Å². The van der Waals surface area contributed by atoms with Crippen LogP contribution in [0.1, 0.15) is 66.7 Å². The number of carboxylic acids is 1. The van der Waals surface area contributed by atoms with Gasteiger partial charge in [-0.05, 0) is 38.1 Å². The van der Waals surface area contributed by atoms with Gasteiger partial charge in [0.25, 0.3) is 0 Å². The van der Waals surface area contributed by atoms with Crippen LogP contribution in [0.2, 0.25) is 0 Å². The number of unbranched alkanes of at least 4 members (excludes halogenated alkanes) is 1. The molecule has 0 heterocycles. The fourth-order valence-corrected chi connectivity index (χ4v) is 2.93. The minimum Gasteiger partial charge on any atom is -0.480 e. The number of nitrogens with two attached hydrogens (primary N) is 2. The van der Waals surface area contributed by atoms with Crippen LogP contribution in [-0.2, 0) is 19.2 Å². The zero-order valence-electron chi connectivity index (χ0n) is 19.4. The summed E-state index contributed by atoms with van der Waals surface area (Å²) in [6, 6.07) is -3.63. The van der Waals surface area contributed by atoms with Gasteiger partial charge in [-0.2, -0.15) is 0 Å². The maximum atomic E-state index is 12.8. The molecule has 10 heteroatoms. The van der Waals surface area contributed by atoms with Crippen molar-refractivity contribution < 1.29 is 24.3 Å². The summed E-state index contributed by atoms with van der Waals surface area (Å²) in [4.78, 5) is 49.1. The summed E-state index contributed by atoms with van der Waals surface area (Å²) in [5.74, 6) is -3.14. The predicted octanol–water partition coefficient (Wildman–Crippen LogP) is 0.0938. The number of hydrogen-bond donors (Lipinski definition) is 6. The lowest BCUT2D eigenvalue weighted by Gasteiger charge is -2.27. The number of carboxylic acid groups (broad SMARTS) is 1. The van der Waals surface area contributed by atoms with Gasteiger partial charge >= 0.3 is 5.97 Å². The lowest BCUT2D eigenvalue weighted by molar-refractivity contribution is -0.143. The van der Waals surface area contributed by atoms with Gasteiger partial charge in [-0.25, -0.2) is 4.79 Å². The quantitative estimate of drug-likeness (QED) is 0.194. The van der Waals surface area contributed by atoms with Crippen molar-refractivity contribution in [3.05, 3.63) is 0 Å². The smallest absolute Gasteiger partial charge is 0.326 e. The molecule has 31 heavy (non-hydrogen) atoms. The number of aliphatic carboxylic acids is 1. The van der Waals surface area contributed by atoms with Gasteiger partial charge in [0.15, 0.2) is 0 Å². The molecule has 0 fully saturated rings. The second-order valence-electron chi connectivity index (χ2n) is 8.20. The monoisotopic (exact) mass is 443 g/mol. The van der Waals surface area contributed by atoms with Crippen LogP contribution >= 0.6 is 0 Å². The van der Waals surface area contributed by atoms with Crippen molar-refractivity contribution in [3.8, 4) is 0 Å². The van der Waals surface area contributed by atoms with E-state index in [1.165, 1.54) is 6.92 Å². The number of rotatable bonds is 15. The highest BCUT2D eigenvalue weighted by molar-refractivity contribution is 5.94. The Hall–Kier alpha value is -2.20. The minimum atomic E-state index is -1.13. The van der Waals surface area contributed by atoms with E-state index in [9.17, 15) is 24.3 Å². The summed E-state index contributed by atoms with van der Waals surface area (Å²) < 4.78 is 0. The molecule has 0 aliphatic carbocycles. The van der Waals surface area contributed by atoms with E-state index in [0.717, 1.165) is 6.42 Å². The molecule has 0 rings (SSSR count). The average molecular weight is 444 g/mol. The Kier molecular flexibility index (Phi) is 13.7. The molecule has 0 spiro atoms. The Morgan fingerprint density at radius 1 is 0.806 bits per heavy atom. The molecule has 0 aromatic heterocycles. The molecule has 0 bridgehead atoms. The van der Waals surface area contributed by atoms with Crippen molar-refractivity contribution in [1.29, 1.82) is 0 Å². The third-order valence-corrected chi connectivity index (χ3v) is 5.63. The average Bonchev–Trinajstić information content (AvgIpc) is 2.73. The summed E-state index contributed by atoms with van der Waals surface area (Å²) >= 11 is 0. The maximum absolute atomic E-state index is 12.8. The predicted molar refractivity (Wildman–Crippen MR) is 119 cm³/mol. The molecule has 10 nitrogen and oxygen atoms in total. The second kappa shape index (κ2) is 14.7. The molecular weight excluding hydrogens is 402 g/mol. The van der Waals surface area contributed by atoms with Gasteiger partial charge in [-0.3, -0.25) is 14.4 Å². The van der Waals surface area contributed by atoms with Crippen molar-refractivity contribution >= 4 is 23.7 Å². The van der Waals surface area contributed by atoms with E-state index < -0.39 is 47.9 Å². The SMILES string of the molecule is CCC(C)C(NC(=O)C(C)NC(=O)C(NC(=O)C(N)CCCCN)C(C)CC)C(=O)O.